The summed E-state index contributed by atoms with van der Waals surface area (Å²) in [7, 11) is 0. The zero-order valence-corrected chi connectivity index (χ0v) is 18.5. The molecule has 4 rings (SSSR count). The summed E-state index contributed by atoms with van der Waals surface area (Å²) in [6.07, 6.45) is 1.37. The lowest BCUT2D eigenvalue weighted by atomic mass is 10.1. The Hall–Kier alpha value is -3.62. The van der Waals surface area contributed by atoms with E-state index in [4.69, 9.17) is 19.2 Å². The van der Waals surface area contributed by atoms with Crippen molar-refractivity contribution < 1.29 is 23.8 Å². The lowest BCUT2D eigenvalue weighted by Crippen LogP contribution is -2.31. The summed E-state index contributed by atoms with van der Waals surface area (Å²) in [5.74, 6) is 0.411. The molecule has 168 valence electrons. The van der Waals surface area contributed by atoms with Gasteiger partial charge in [-0.15, -0.1) is 0 Å². The van der Waals surface area contributed by atoms with Crippen LogP contribution in [0.2, 0.25) is 0 Å². The van der Waals surface area contributed by atoms with Gasteiger partial charge >= 0.3 is 5.97 Å². The van der Waals surface area contributed by atoms with Crippen molar-refractivity contribution in [3.63, 3.8) is 0 Å². The van der Waals surface area contributed by atoms with Gasteiger partial charge < -0.3 is 19.5 Å². The Balaban J connectivity index is 1.73. The van der Waals surface area contributed by atoms with Gasteiger partial charge in [0.05, 0.1) is 28.9 Å². The topological polar surface area (TPSA) is 105 Å². The van der Waals surface area contributed by atoms with Crippen molar-refractivity contribution in [2.24, 2.45) is 0 Å². The molecule has 1 amide bonds. The Bertz CT molecular complexity index is 1170. The first-order chi connectivity index (χ1) is 15.3. The number of amides is 1. The third kappa shape index (κ3) is 4.37. The van der Waals surface area contributed by atoms with Crippen LogP contribution in [0.25, 0.3) is 22.3 Å². The Morgan fingerprint density at radius 1 is 1.12 bits per heavy atom. The summed E-state index contributed by atoms with van der Waals surface area (Å²) in [6.45, 7) is 8.26. The molecule has 0 fully saturated rings. The summed E-state index contributed by atoms with van der Waals surface area (Å²) < 4.78 is 18.2. The molecule has 0 saturated heterocycles. The van der Waals surface area contributed by atoms with E-state index >= 15 is 0 Å². The number of fused-ring (bicyclic) bond motifs is 2. The molecule has 0 aliphatic carbocycles. The standard InChI is InChI=1S/C23H26N4O5/c1-13(2)27-22-17(11-25-27)16(23(29)24-12-21(28)32-14(3)4)10-18(26-22)15-5-6-19-20(9-15)31-8-7-30-19/h5-6,9-11,13-14H,7-8,12H2,1-4H3,(H,24,29). The van der Waals surface area contributed by atoms with E-state index in [0.29, 0.717) is 47.0 Å². The van der Waals surface area contributed by atoms with Gasteiger partial charge in [-0.05, 0) is 52.0 Å². The monoisotopic (exact) mass is 438 g/mol. The zero-order valence-electron chi connectivity index (χ0n) is 18.5. The molecule has 1 aliphatic rings. The van der Waals surface area contributed by atoms with Gasteiger partial charge in [0.1, 0.15) is 19.8 Å². The highest BCUT2D eigenvalue weighted by molar-refractivity contribution is 6.07. The van der Waals surface area contributed by atoms with Crippen molar-refractivity contribution in [1.82, 2.24) is 20.1 Å². The predicted octanol–water partition coefficient (Wildman–Crippen LogP) is 3.13. The van der Waals surface area contributed by atoms with Gasteiger partial charge in [-0.2, -0.15) is 5.10 Å². The summed E-state index contributed by atoms with van der Waals surface area (Å²) >= 11 is 0. The largest absolute Gasteiger partial charge is 0.486 e. The Kier molecular flexibility index (Phi) is 5.98. The molecule has 1 aliphatic heterocycles. The molecular formula is C23H26N4O5. The van der Waals surface area contributed by atoms with Crippen molar-refractivity contribution in [2.45, 2.75) is 39.8 Å². The molecule has 9 heteroatoms. The first kappa shape index (κ1) is 21.6. The van der Waals surface area contributed by atoms with Crippen molar-refractivity contribution in [2.75, 3.05) is 19.8 Å². The molecule has 0 bridgehead atoms. The fourth-order valence-electron chi connectivity index (χ4n) is 3.49. The smallest absolute Gasteiger partial charge is 0.325 e. The number of aromatic nitrogens is 3. The van der Waals surface area contributed by atoms with Gasteiger partial charge in [0.15, 0.2) is 17.1 Å². The normalized spacial score (nSPS) is 12.9. The van der Waals surface area contributed by atoms with Crippen LogP contribution in [0, 0.1) is 0 Å². The molecule has 9 nitrogen and oxygen atoms in total. The second kappa shape index (κ2) is 8.86. The average Bonchev–Trinajstić information content (AvgIpc) is 3.20. The number of rotatable bonds is 6. The second-order valence-electron chi connectivity index (χ2n) is 8.05. The van der Waals surface area contributed by atoms with Crippen LogP contribution in [-0.4, -0.2) is 52.5 Å². The van der Waals surface area contributed by atoms with E-state index < -0.39 is 11.9 Å². The molecule has 1 aromatic carbocycles. The number of carbonyl (C=O) groups excluding carboxylic acids is 2. The number of hydrogen-bond donors (Lipinski definition) is 1. The predicted molar refractivity (Wildman–Crippen MR) is 118 cm³/mol. The van der Waals surface area contributed by atoms with Crippen LogP contribution in [0.1, 0.15) is 44.1 Å². The number of esters is 1. The van der Waals surface area contributed by atoms with Gasteiger partial charge in [0, 0.05) is 11.6 Å². The van der Waals surface area contributed by atoms with E-state index in [2.05, 4.69) is 10.4 Å². The van der Waals surface area contributed by atoms with Gasteiger partial charge in [0.2, 0.25) is 0 Å². The molecule has 0 radical (unpaired) electrons. The molecular weight excluding hydrogens is 412 g/mol. The van der Waals surface area contributed by atoms with Crippen molar-refractivity contribution in [3.05, 3.63) is 36.0 Å². The SMILES string of the molecule is CC(C)OC(=O)CNC(=O)c1cc(-c2ccc3c(c2)OCCO3)nc2c1cnn2C(C)C. The third-order valence-corrected chi connectivity index (χ3v) is 4.90. The van der Waals surface area contributed by atoms with Crippen LogP contribution >= 0.6 is 0 Å². The molecule has 32 heavy (non-hydrogen) atoms. The lowest BCUT2D eigenvalue weighted by Gasteiger charge is -2.19. The number of benzene rings is 1. The van der Waals surface area contributed by atoms with Crippen LogP contribution in [-0.2, 0) is 9.53 Å². The van der Waals surface area contributed by atoms with E-state index in [1.54, 1.807) is 30.8 Å². The summed E-state index contributed by atoms with van der Waals surface area (Å²) in [5, 5.41) is 7.66. The highest BCUT2D eigenvalue weighted by Gasteiger charge is 2.20. The van der Waals surface area contributed by atoms with Crippen molar-refractivity contribution >= 4 is 22.9 Å². The number of pyridine rings is 1. The summed E-state index contributed by atoms with van der Waals surface area (Å²) in [4.78, 5) is 29.7. The van der Waals surface area contributed by atoms with Crippen molar-refractivity contribution in [3.8, 4) is 22.8 Å². The average molecular weight is 438 g/mol. The number of hydrogen-bond acceptors (Lipinski definition) is 7. The minimum atomic E-state index is -0.497. The number of carbonyl (C=O) groups is 2. The molecule has 3 aromatic rings. The lowest BCUT2D eigenvalue weighted by molar-refractivity contribution is -0.146. The fraction of sp³-hybridized carbons (Fsp3) is 0.391. The quantitative estimate of drug-likeness (QED) is 0.590. The molecule has 0 atom stereocenters. The first-order valence-electron chi connectivity index (χ1n) is 10.6. The second-order valence-corrected chi connectivity index (χ2v) is 8.05. The third-order valence-electron chi connectivity index (χ3n) is 4.90. The molecule has 3 heterocycles. The molecule has 0 spiro atoms. The Labute approximate surface area is 185 Å². The van der Waals surface area contributed by atoms with Crippen LogP contribution in [0.3, 0.4) is 0 Å². The van der Waals surface area contributed by atoms with E-state index in [1.165, 1.54) is 0 Å². The molecule has 0 unspecified atom stereocenters. The van der Waals surface area contributed by atoms with Crippen LogP contribution in [0.5, 0.6) is 11.5 Å². The molecule has 1 N–H and O–H groups in total. The summed E-state index contributed by atoms with van der Waals surface area (Å²) in [6, 6.07) is 7.30. The zero-order chi connectivity index (χ0) is 22.8. The maximum absolute atomic E-state index is 13.0. The Morgan fingerprint density at radius 2 is 1.88 bits per heavy atom. The van der Waals surface area contributed by atoms with Crippen molar-refractivity contribution in [1.29, 1.82) is 0 Å². The maximum atomic E-state index is 13.0. The maximum Gasteiger partial charge on any atom is 0.325 e. The highest BCUT2D eigenvalue weighted by atomic mass is 16.6. The highest BCUT2D eigenvalue weighted by Crippen LogP contribution is 2.35. The van der Waals surface area contributed by atoms with E-state index in [0.717, 1.165) is 5.56 Å². The van der Waals surface area contributed by atoms with E-state index in [1.807, 2.05) is 32.0 Å². The van der Waals surface area contributed by atoms with Gasteiger partial charge in [-0.3, -0.25) is 9.59 Å². The number of nitrogens with one attached hydrogen (secondary N) is 1. The van der Waals surface area contributed by atoms with Crippen LogP contribution < -0.4 is 14.8 Å². The fourth-order valence-corrected chi connectivity index (χ4v) is 3.49. The van der Waals surface area contributed by atoms with Gasteiger partial charge in [0.25, 0.3) is 5.91 Å². The van der Waals surface area contributed by atoms with Crippen LogP contribution in [0.15, 0.2) is 30.5 Å². The molecule has 2 aromatic heterocycles. The number of ether oxygens (including phenoxy) is 3. The van der Waals surface area contributed by atoms with Crippen LogP contribution in [0.4, 0.5) is 0 Å². The molecule has 0 saturated carbocycles. The van der Waals surface area contributed by atoms with Gasteiger partial charge in [-0.1, -0.05) is 0 Å². The Morgan fingerprint density at radius 3 is 2.59 bits per heavy atom. The van der Waals surface area contributed by atoms with E-state index in [9.17, 15) is 9.59 Å². The number of nitrogens with zero attached hydrogens (tertiary/aromatic N) is 3. The summed E-state index contributed by atoms with van der Waals surface area (Å²) in [5.41, 5.74) is 2.33. The van der Waals surface area contributed by atoms with Gasteiger partial charge in [-0.25, -0.2) is 9.67 Å². The van der Waals surface area contributed by atoms with E-state index in [-0.39, 0.29) is 18.7 Å². The minimum absolute atomic E-state index is 0.0486. The first-order valence-corrected chi connectivity index (χ1v) is 10.6. The minimum Gasteiger partial charge on any atom is -0.486 e.